The molecule has 1 aliphatic rings. The van der Waals surface area contributed by atoms with Gasteiger partial charge in [0.2, 0.25) is 0 Å². The van der Waals surface area contributed by atoms with Gasteiger partial charge in [-0.25, -0.2) is 4.98 Å². The Morgan fingerprint density at radius 2 is 2.00 bits per heavy atom. The van der Waals surface area contributed by atoms with Gasteiger partial charge in [-0.3, -0.25) is 0 Å². The third kappa shape index (κ3) is 3.25. The summed E-state index contributed by atoms with van der Waals surface area (Å²) in [6.45, 7) is 5.74. The summed E-state index contributed by atoms with van der Waals surface area (Å²) in [5.74, 6) is 2.05. The lowest BCUT2D eigenvalue weighted by Crippen LogP contribution is -2.29. The van der Waals surface area contributed by atoms with Gasteiger partial charge in [-0.2, -0.15) is 4.98 Å². The first-order valence-corrected chi connectivity index (χ1v) is 9.03. The topological polar surface area (TPSA) is 55.1 Å². The molecule has 0 N–H and O–H groups in total. The van der Waals surface area contributed by atoms with E-state index in [4.69, 9.17) is 4.52 Å². The maximum Gasteiger partial charge on any atom is 0.261 e. The molecule has 0 aliphatic carbocycles. The largest absolute Gasteiger partial charge is 0.352 e. The monoisotopic (exact) mass is 346 g/mol. The smallest absolute Gasteiger partial charge is 0.261 e. The minimum atomic E-state index is 0.524. The first-order valence-electron chi connectivity index (χ1n) is 9.03. The molecule has 26 heavy (non-hydrogen) atoms. The number of benzene rings is 1. The highest BCUT2D eigenvalue weighted by atomic mass is 16.5. The third-order valence-electron chi connectivity index (χ3n) is 4.79. The van der Waals surface area contributed by atoms with Gasteiger partial charge in [0.25, 0.3) is 5.89 Å². The minimum absolute atomic E-state index is 0.524. The predicted octanol–water partition coefficient (Wildman–Crippen LogP) is 4.30. The lowest BCUT2D eigenvalue weighted by Gasteiger charge is -2.28. The molecule has 0 spiro atoms. The van der Waals surface area contributed by atoms with Crippen molar-refractivity contribution < 1.29 is 4.52 Å². The Labute approximate surface area is 153 Å². The quantitative estimate of drug-likeness (QED) is 0.705. The van der Waals surface area contributed by atoms with E-state index >= 15 is 0 Å². The van der Waals surface area contributed by atoms with Crippen LogP contribution >= 0.6 is 0 Å². The van der Waals surface area contributed by atoms with E-state index in [1.807, 2.05) is 25.3 Å². The molecule has 3 aromatic rings. The van der Waals surface area contributed by atoms with Gasteiger partial charge in [0.15, 0.2) is 5.82 Å². The van der Waals surface area contributed by atoms with Crippen LogP contribution in [0.15, 0.2) is 53.2 Å². The van der Waals surface area contributed by atoms with Gasteiger partial charge >= 0.3 is 0 Å². The van der Waals surface area contributed by atoms with Crippen LogP contribution in [0.25, 0.3) is 17.0 Å². The summed E-state index contributed by atoms with van der Waals surface area (Å²) in [5.41, 5.74) is 4.97. The Morgan fingerprint density at radius 3 is 2.65 bits per heavy atom. The highest BCUT2D eigenvalue weighted by Crippen LogP contribution is 2.31. The SMILES string of the molecule is CCc1ccc(C2=CCN(c3ncccc3-c3nc(C)no3)CC2)cc1. The van der Waals surface area contributed by atoms with E-state index in [9.17, 15) is 0 Å². The van der Waals surface area contributed by atoms with Gasteiger partial charge in [-0.1, -0.05) is 42.4 Å². The highest BCUT2D eigenvalue weighted by molar-refractivity contribution is 5.73. The van der Waals surface area contributed by atoms with Crippen molar-refractivity contribution in [3.8, 4) is 11.5 Å². The van der Waals surface area contributed by atoms with Gasteiger partial charge in [-0.05, 0) is 48.6 Å². The minimum Gasteiger partial charge on any atom is -0.352 e. The van der Waals surface area contributed by atoms with Gasteiger partial charge in [0.05, 0.1) is 5.56 Å². The van der Waals surface area contributed by atoms with Gasteiger partial charge < -0.3 is 9.42 Å². The summed E-state index contributed by atoms with van der Waals surface area (Å²) in [6, 6.07) is 12.8. The number of aryl methyl sites for hydroxylation is 2. The number of hydrogen-bond donors (Lipinski definition) is 0. The van der Waals surface area contributed by atoms with Crippen molar-refractivity contribution in [1.29, 1.82) is 0 Å². The summed E-state index contributed by atoms with van der Waals surface area (Å²) in [4.78, 5) is 11.2. The van der Waals surface area contributed by atoms with E-state index in [0.717, 1.165) is 37.3 Å². The Kier molecular flexibility index (Phi) is 4.52. The van der Waals surface area contributed by atoms with E-state index in [2.05, 4.69) is 57.3 Å². The molecule has 5 nitrogen and oxygen atoms in total. The van der Waals surface area contributed by atoms with Crippen LogP contribution in [-0.4, -0.2) is 28.2 Å². The molecule has 0 atom stereocenters. The number of pyridine rings is 1. The zero-order valence-electron chi connectivity index (χ0n) is 15.1. The first kappa shape index (κ1) is 16.5. The van der Waals surface area contributed by atoms with Crippen LogP contribution in [0.2, 0.25) is 0 Å². The van der Waals surface area contributed by atoms with Crippen molar-refractivity contribution in [3.05, 3.63) is 65.6 Å². The average molecular weight is 346 g/mol. The van der Waals surface area contributed by atoms with E-state index in [0.29, 0.717) is 11.7 Å². The fraction of sp³-hybridized carbons (Fsp3) is 0.286. The lowest BCUT2D eigenvalue weighted by molar-refractivity contribution is 0.425. The second-order valence-electron chi connectivity index (χ2n) is 6.50. The zero-order chi connectivity index (χ0) is 17.9. The molecule has 0 radical (unpaired) electrons. The van der Waals surface area contributed by atoms with Crippen molar-refractivity contribution in [2.75, 3.05) is 18.0 Å². The molecule has 132 valence electrons. The molecule has 0 unspecified atom stereocenters. The highest BCUT2D eigenvalue weighted by Gasteiger charge is 2.20. The Morgan fingerprint density at radius 1 is 1.15 bits per heavy atom. The normalized spacial score (nSPS) is 14.4. The summed E-state index contributed by atoms with van der Waals surface area (Å²) >= 11 is 0. The van der Waals surface area contributed by atoms with Crippen LogP contribution in [0.4, 0.5) is 5.82 Å². The molecule has 3 heterocycles. The number of rotatable bonds is 4. The molecule has 4 rings (SSSR count). The molecule has 0 saturated carbocycles. The maximum atomic E-state index is 5.35. The molecular formula is C21H22N4O. The fourth-order valence-corrected chi connectivity index (χ4v) is 3.30. The van der Waals surface area contributed by atoms with Crippen LogP contribution in [-0.2, 0) is 6.42 Å². The van der Waals surface area contributed by atoms with Crippen LogP contribution in [0.1, 0.15) is 30.3 Å². The molecular weight excluding hydrogens is 324 g/mol. The van der Waals surface area contributed by atoms with Crippen molar-refractivity contribution >= 4 is 11.4 Å². The lowest BCUT2D eigenvalue weighted by atomic mass is 9.98. The Bertz CT molecular complexity index is 927. The number of nitrogens with zero attached hydrogens (tertiary/aromatic N) is 4. The average Bonchev–Trinajstić information content (AvgIpc) is 3.14. The van der Waals surface area contributed by atoms with Gasteiger partial charge in [0.1, 0.15) is 5.82 Å². The van der Waals surface area contributed by atoms with Gasteiger partial charge in [0, 0.05) is 19.3 Å². The van der Waals surface area contributed by atoms with E-state index in [-0.39, 0.29) is 0 Å². The Hall–Kier alpha value is -2.95. The molecule has 0 amide bonds. The van der Waals surface area contributed by atoms with E-state index < -0.39 is 0 Å². The molecule has 0 saturated heterocycles. The number of hydrogen-bond acceptors (Lipinski definition) is 5. The third-order valence-corrected chi connectivity index (χ3v) is 4.79. The molecule has 1 aliphatic heterocycles. The number of anilines is 1. The van der Waals surface area contributed by atoms with Crippen LogP contribution in [0, 0.1) is 6.92 Å². The van der Waals surface area contributed by atoms with Crippen LogP contribution in [0.5, 0.6) is 0 Å². The van der Waals surface area contributed by atoms with E-state index in [1.54, 1.807) is 0 Å². The zero-order valence-corrected chi connectivity index (χ0v) is 15.1. The van der Waals surface area contributed by atoms with Crippen LogP contribution in [0.3, 0.4) is 0 Å². The predicted molar refractivity (Wildman–Crippen MR) is 103 cm³/mol. The second kappa shape index (κ2) is 7.12. The Balaban J connectivity index is 1.57. The summed E-state index contributed by atoms with van der Waals surface area (Å²) < 4.78 is 5.35. The van der Waals surface area contributed by atoms with Crippen molar-refractivity contribution in [1.82, 2.24) is 15.1 Å². The summed E-state index contributed by atoms with van der Waals surface area (Å²) in [7, 11) is 0. The van der Waals surface area contributed by atoms with Crippen molar-refractivity contribution in [3.63, 3.8) is 0 Å². The standard InChI is InChI=1S/C21H22N4O/c1-3-16-6-8-17(9-7-16)18-10-13-25(14-11-18)20-19(5-4-12-22-20)21-23-15(2)24-26-21/h4-10,12H,3,11,13-14H2,1-2H3. The molecule has 1 aromatic carbocycles. The van der Waals surface area contributed by atoms with Crippen LogP contribution < -0.4 is 4.90 Å². The summed E-state index contributed by atoms with van der Waals surface area (Å²) in [6.07, 6.45) is 6.17. The van der Waals surface area contributed by atoms with Gasteiger partial charge in [-0.15, -0.1) is 0 Å². The van der Waals surface area contributed by atoms with E-state index in [1.165, 1.54) is 16.7 Å². The second-order valence-corrected chi connectivity index (χ2v) is 6.50. The fourth-order valence-electron chi connectivity index (χ4n) is 3.30. The first-order chi connectivity index (χ1) is 12.7. The molecule has 2 aromatic heterocycles. The molecule has 5 heteroatoms. The molecule has 0 bridgehead atoms. The van der Waals surface area contributed by atoms with Crippen molar-refractivity contribution in [2.24, 2.45) is 0 Å². The van der Waals surface area contributed by atoms with Crippen molar-refractivity contribution in [2.45, 2.75) is 26.7 Å². The summed E-state index contributed by atoms with van der Waals surface area (Å²) in [5, 5.41) is 3.90. The maximum absolute atomic E-state index is 5.35. The number of aromatic nitrogens is 3. The molecule has 0 fully saturated rings.